The van der Waals surface area contributed by atoms with E-state index in [2.05, 4.69) is 4.74 Å². The number of methoxy groups -OCH3 is 1. The van der Waals surface area contributed by atoms with E-state index in [1.165, 1.54) is 7.11 Å². The molecule has 6 heteroatoms. The van der Waals surface area contributed by atoms with E-state index in [9.17, 15) is 18.3 Å². The van der Waals surface area contributed by atoms with Crippen LogP contribution < -0.4 is 4.74 Å². The minimum absolute atomic E-state index is 0.431. The molecule has 1 unspecified atom stereocenters. The first-order valence-electron chi connectivity index (χ1n) is 5.72. The van der Waals surface area contributed by atoms with Crippen LogP contribution in [0.2, 0.25) is 0 Å². The fourth-order valence-electron chi connectivity index (χ4n) is 1.91. The van der Waals surface area contributed by atoms with Crippen molar-refractivity contribution in [1.82, 2.24) is 0 Å². The quantitative estimate of drug-likeness (QED) is 0.900. The first kappa shape index (κ1) is 15.8. The number of benzene rings is 1. The second-order valence-electron chi connectivity index (χ2n) is 4.34. The van der Waals surface area contributed by atoms with E-state index in [1.807, 2.05) is 13.0 Å². The first-order chi connectivity index (χ1) is 8.74. The summed E-state index contributed by atoms with van der Waals surface area (Å²) in [5.41, 5.74) is 2.15. The zero-order valence-electron chi connectivity index (χ0n) is 11.0. The van der Waals surface area contributed by atoms with Gasteiger partial charge in [0.2, 0.25) is 0 Å². The van der Waals surface area contributed by atoms with Gasteiger partial charge in [-0.15, -0.1) is 0 Å². The summed E-state index contributed by atoms with van der Waals surface area (Å²) in [6, 6.07) is 3.54. The highest BCUT2D eigenvalue weighted by molar-refractivity contribution is 5.44. The zero-order chi connectivity index (χ0) is 14.6. The molecule has 108 valence electrons. The third-order valence-electron chi connectivity index (χ3n) is 2.59. The molecular weight excluding hydrogens is 261 g/mol. The third kappa shape index (κ3) is 4.72. The molecule has 0 spiro atoms. The second kappa shape index (κ2) is 6.25. The van der Waals surface area contributed by atoms with Crippen LogP contribution in [-0.4, -0.2) is 31.6 Å². The molecule has 0 fully saturated rings. The Bertz CT molecular complexity index is 430. The maximum Gasteiger partial charge on any atom is 0.411 e. The van der Waals surface area contributed by atoms with Crippen LogP contribution in [0.3, 0.4) is 0 Å². The highest BCUT2D eigenvalue weighted by Crippen LogP contribution is 2.30. The fraction of sp³-hybridized carbons (Fsp3) is 0.538. The summed E-state index contributed by atoms with van der Waals surface area (Å²) in [5, 5.41) is 9.93. The average Bonchev–Trinajstić information content (AvgIpc) is 2.25. The number of hydrogen-bond donors (Lipinski definition) is 1. The lowest BCUT2D eigenvalue weighted by Gasteiger charge is -2.18. The van der Waals surface area contributed by atoms with Crippen molar-refractivity contribution in [3.8, 4) is 5.75 Å². The molecule has 0 aliphatic heterocycles. The van der Waals surface area contributed by atoms with Crippen molar-refractivity contribution in [2.45, 2.75) is 26.1 Å². The zero-order valence-corrected chi connectivity index (χ0v) is 11.0. The van der Waals surface area contributed by atoms with Crippen molar-refractivity contribution in [3.05, 3.63) is 28.8 Å². The van der Waals surface area contributed by atoms with Gasteiger partial charge in [0.05, 0.1) is 13.7 Å². The number of aliphatic hydroxyl groups excluding tert-OH is 1. The fourth-order valence-corrected chi connectivity index (χ4v) is 1.91. The van der Waals surface area contributed by atoms with E-state index in [-0.39, 0.29) is 0 Å². The Hall–Kier alpha value is -1.27. The van der Waals surface area contributed by atoms with Gasteiger partial charge < -0.3 is 14.6 Å². The summed E-state index contributed by atoms with van der Waals surface area (Å²) >= 11 is 0. The summed E-state index contributed by atoms with van der Waals surface area (Å²) in [5.74, 6) is 0.445. The highest BCUT2D eigenvalue weighted by atomic mass is 19.4. The largest absolute Gasteiger partial charge is 0.496 e. The Labute approximate surface area is 110 Å². The van der Waals surface area contributed by atoms with Crippen LogP contribution in [0.5, 0.6) is 5.75 Å². The van der Waals surface area contributed by atoms with Crippen molar-refractivity contribution < 1.29 is 27.8 Å². The van der Waals surface area contributed by atoms with Crippen LogP contribution in [0.25, 0.3) is 0 Å². The lowest BCUT2D eigenvalue weighted by atomic mass is 10.00. The van der Waals surface area contributed by atoms with E-state index in [1.54, 1.807) is 13.0 Å². The third-order valence-corrected chi connectivity index (χ3v) is 2.59. The molecule has 0 saturated carbocycles. The van der Waals surface area contributed by atoms with E-state index >= 15 is 0 Å². The van der Waals surface area contributed by atoms with Gasteiger partial charge in [-0.05, 0) is 31.0 Å². The van der Waals surface area contributed by atoms with Gasteiger partial charge in [0, 0.05) is 5.56 Å². The van der Waals surface area contributed by atoms with Gasteiger partial charge in [-0.1, -0.05) is 6.07 Å². The Kier molecular flexibility index (Phi) is 5.20. The molecule has 0 bridgehead atoms. The molecule has 0 radical (unpaired) electrons. The van der Waals surface area contributed by atoms with Crippen molar-refractivity contribution in [2.24, 2.45) is 0 Å². The number of ether oxygens (including phenoxy) is 2. The van der Waals surface area contributed by atoms with E-state index in [0.29, 0.717) is 11.3 Å². The minimum Gasteiger partial charge on any atom is -0.496 e. The molecule has 3 nitrogen and oxygen atoms in total. The van der Waals surface area contributed by atoms with Crippen LogP contribution in [0.15, 0.2) is 12.1 Å². The molecule has 1 atom stereocenters. The van der Waals surface area contributed by atoms with Gasteiger partial charge in [-0.3, -0.25) is 0 Å². The molecule has 0 amide bonds. The van der Waals surface area contributed by atoms with E-state index < -0.39 is 25.5 Å². The van der Waals surface area contributed by atoms with Gasteiger partial charge in [0.25, 0.3) is 0 Å². The maximum atomic E-state index is 12.0. The molecule has 0 heterocycles. The SMILES string of the molecule is COc1cc(C)cc(C)c1C(O)COCC(F)(F)F. The van der Waals surface area contributed by atoms with E-state index in [0.717, 1.165) is 11.1 Å². The Morgan fingerprint density at radius 3 is 2.42 bits per heavy atom. The molecule has 1 N–H and O–H groups in total. The van der Waals surface area contributed by atoms with Gasteiger partial charge in [-0.2, -0.15) is 13.2 Å². The molecule has 19 heavy (non-hydrogen) atoms. The van der Waals surface area contributed by atoms with E-state index in [4.69, 9.17) is 4.74 Å². The Balaban J connectivity index is 2.79. The maximum absolute atomic E-state index is 12.0. The molecule has 0 saturated heterocycles. The van der Waals surface area contributed by atoms with Crippen molar-refractivity contribution in [3.63, 3.8) is 0 Å². The minimum atomic E-state index is -4.40. The smallest absolute Gasteiger partial charge is 0.411 e. The predicted octanol–water partition coefficient (Wildman–Crippen LogP) is 2.92. The standard InChI is InChI=1S/C13H17F3O3/c1-8-4-9(2)12(11(5-8)18-3)10(17)6-19-7-13(14,15)16/h4-5,10,17H,6-7H2,1-3H3. The van der Waals surface area contributed by atoms with Crippen LogP contribution >= 0.6 is 0 Å². The topological polar surface area (TPSA) is 38.7 Å². The summed E-state index contributed by atoms with van der Waals surface area (Å²) in [7, 11) is 1.45. The number of aliphatic hydroxyl groups is 1. The molecule has 1 aromatic carbocycles. The Morgan fingerprint density at radius 1 is 1.26 bits per heavy atom. The molecule has 1 rings (SSSR count). The van der Waals surface area contributed by atoms with Gasteiger partial charge in [-0.25, -0.2) is 0 Å². The van der Waals surface area contributed by atoms with Crippen molar-refractivity contribution in [2.75, 3.05) is 20.3 Å². The monoisotopic (exact) mass is 278 g/mol. The summed E-state index contributed by atoms with van der Waals surface area (Å²) in [6.45, 7) is 1.82. The molecule has 0 aromatic heterocycles. The number of alkyl halides is 3. The molecular formula is C13H17F3O3. The Morgan fingerprint density at radius 2 is 1.89 bits per heavy atom. The van der Waals surface area contributed by atoms with Crippen LogP contribution in [-0.2, 0) is 4.74 Å². The lowest BCUT2D eigenvalue weighted by Crippen LogP contribution is -2.20. The molecule has 1 aromatic rings. The number of rotatable bonds is 5. The second-order valence-corrected chi connectivity index (χ2v) is 4.34. The van der Waals surface area contributed by atoms with Gasteiger partial charge in [0.15, 0.2) is 0 Å². The average molecular weight is 278 g/mol. The summed E-state index contributed by atoms with van der Waals surface area (Å²) in [6.07, 6.45) is -5.55. The number of aryl methyl sites for hydroxylation is 2. The molecule has 0 aliphatic rings. The molecule has 0 aliphatic carbocycles. The van der Waals surface area contributed by atoms with Crippen LogP contribution in [0.4, 0.5) is 13.2 Å². The van der Waals surface area contributed by atoms with Crippen LogP contribution in [0.1, 0.15) is 22.8 Å². The predicted molar refractivity (Wildman–Crippen MR) is 64.3 cm³/mol. The summed E-state index contributed by atoms with van der Waals surface area (Å²) in [4.78, 5) is 0. The normalized spacial score (nSPS) is 13.4. The van der Waals surface area contributed by atoms with Crippen LogP contribution in [0, 0.1) is 13.8 Å². The van der Waals surface area contributed by atoms with Gasteiger partial charge in [0.1, 0.15) is 18.5 Å². The first-order valence-corrected chi connectivity index (χ1v) is 5.72. The highest BCUT2D eigenvalue weighted by Gasteiger charge is 2.28. The summed E-state index contributed by atoms with van der Waals surface area (Å²) < 4.78 is 45.5. The van der Waals surface area contributed by atoms with Crippen molar-refractivity contribution >= 4 is 0 Å². The number of halogens is 3. The number of hydrogen-bond acceptors (Lipinski definition) is 3. The van der Waals surface area contributed by atoms with Gasteiger partial charge >= 0.3 is 6.18 Å². The lowest BCUT2D eigenvalue weighted by molar-refractivity contribution is -0.179. The van der Waals surface area contributed by atoms with Crippen molar-refractivity contribution in [1.29, 1.82) is 0 Å².